The minimum absolute atomic E-state index is 0.0764. The normalized spacial score (nSPS) is 10.8. The Morgan fingerprint density at radius 3 is 2.10 bits per heavy atom. The van der Waals surface area contributed by atoms with Crippen LogP contribution in [0.15, 0.2) is 77.7 Å². The van der Waals surface area contributed by atoms with Crippen molar-refractivity contribution in [2.45, 2.75) is 4.90 Å². The molecule has 3 aromatic carbocycles. The molecule has 0 unspecified atom stereocenters. The molecule has 0 saturated heterocycles. The predicted octanol–water partition coefficient (Wildman–Crippen LogP) is 2.85. The monoisotopic (exact) mass is 425 g/mol. The summed E-state index contributed by atoms with van der Waals surface area (Å²) in [5, 5.41) is 2.71. The van der Waals surface area contributed by atoms with Crippen molar-refractivity contribution in [2.75, 3.05) is 17.1 Å². The van der Waals surface area contributed by atoms with Crippen LogP contribution in [0.3, 0.4) is 0 Å². The lowest BCUT2D eigenvalue weighted by atomic mass is 10.1. The second kappa shape index (κ2) is 8.66. The number of nitrogens with one attached hydrogen (secondary N) is 2. The third-order valence-corrected chi connectivity index (χ3v) is 5.60. The van der Waals surface area contributed by atoms with Gasteiger partial charge in [0.25, 0.3) is 15.9 Å². The molecule has 0 aliphatic rings. The fourth-order valence-electron chi connectivity index (χ4n) is 2.71. The maximum Gasteiger partial charge on any atom is 0.261 e. The predicted molar refractivity (Wildman–Crippen MR) is 113 cm³/mol. The van der Waals surface area contributed by atoms with Crippen LogP contribution in [0.1, 0.15) is 20.7 Å². The van der Waals surface area contributed by atoms with E-state index in [1.807, 2.05) is 0 Å². The van der Waals surface area contributed by atoms with Gasteiger partial charge < -0.3 is 15.8 Å². The van der Waals surface area contributed by atoms with Gasteiger partial charge in [-0.2, -0.15) is 0 Å². The summed E-state index contributed by atoms with van der Waals surface area (Å²) < 4.78 is 33.1. The molecule has 3 aromatic rings. The maximum atomic E-state index is 12.8. The van der Waals surface area contributed by atoms with Crippen LogP contribution in [0.25, 0.3) is 0 Å². The van der Waals surface area contributed by atoms with E-state index in [0.29, 0.717) is 11.4 Å². The van der Waals surface area contributed by atoms with E-state index < -0.39 is 21.8 Å². The van der Waals surface area contributed by atoms with Crippen molar-refractivity contribution >= 4 is 33.2 Å². The van der Waals surface area contributed by atoms with E-state index in [9.17, 15) is 18.0 Å². The van der Waals surface area contributed by atoms with Crippen LogP contribution >= 0.6 is 0 Å². The molecule has 4 N–H and O–H groups in total. The van der Waals surface area contributed by atoms with E-state index in [1.165, 1.54) is 43.5 Å². The Morgan fingerprint density at radius 1 is 0.867 bits per heavy atom. The fraction of sp³-hybridized carbons (Fsp3) is 0.0476. The van der Waals surface area contributed by atoms with E-state index in [0.717, 1.165) is 0 Å². The average Bonchev–Trinajstić information content (AvgIpc) is 2.74. The standard InChI is InChI=1S/C21H19N3O5S/c1-29-19-9-5-4-8-18(19)23-21(26)16-6-2-3-7-17(16)24-30(27,28)15-12-10-14(11-13-15)20(22)25/h2-13,24H,1H3,(H2,22,25)(H,23,26). The molecule has 2 amide bonds. The van der Waals surface area contributed by atoms with E-state index in [4.69, 9.17) is 10.5 Å². The molecular weight excluding hydrogens is 406 g/mol. The molecule has 0 radical (unpaired) electrons. The molecule has 0 bridgehead atoms. The number of sulfonamides is 1. The summed E-state index contributed by atoms with van der Waals surface area (Å²) in [6.45, 7) is 0. The molecule has 30 heavy (non-hydrogen) atoms. The quantitative estimate of drug-likeness (QED) is 0.536. The van der Waals surface area contributed by atoms with Crippen molar-refractivity contribution in [1.82, 2.24) is 0 Å². The van der Waals surface area contributed by atoms with Crippen LogP contribution in [0.2, 0.25) is 0 Å². The number of methoxy groups -OCH3 is 1. The zero-order valence-corrected chi connectivity index (χ0v) is 16.8. The Kier molecular flexibility index (Phi) is 6.03. The molecule has 9 heteroatoms. The maximum absolute atomic E-state index is 12.8. The third-order valence-electron chi connectivity index (χ3n) is 4.22. The van der Waals surface area contributed by atoms with Gasteiger partial charge in [0.1, 0.15) is 5.75 Å². The highest BCUT2D eigenvalue weighted by atomic mass is 32.2. The van der Waals surface area contributed by atoms with Gasteiger partial charge in [-0.25, -0.2) is 8.42 Å². The fourth-order valence-corrected chi connectivity index (χ4v) is 3.79. The van der Waals surface area contributed by atoms with Crippen molar-refractivity contribution < 1.29 is 22.7 Å². The summed E-state index contributed by atoms with van der Waals surface area (Å²) in [5.41, 5.74) is 6.04. The molecule has 0 spiro atoms. The molecule has 8 nitrogen and oxygen atoms in total. The summed E-state index contributed by atoms with van der Waals surface area (Å²) in [7, 11) is -2.52. The van der Waals surface area contributed by atoms with Gasteiger partial charge in [-0.15, -0.1) is 0 Å². The number of rotatable bonds is 7. The van der Waals surface area contributed by atoms with Gasteiger partial charge in [-0.05, 0) is 48.5 Å². The molecular formula is C21H19N3O5S. The zero-order chi connectivity index (χ0) is 21.7. The number of anilines is 2. The summed E-state index contributed by atoms with van der Waals surface area (Å²) in [6, 6.07) is 18.2. The first kappa shape index (κ1) is 20.9. The number of amides is 2. The zero-order valence-electron chi connectivity index (χ0n) is 16.0. The number of primary amides is 1. The Bertz CT molecular complexity index is 1190. The summed E-state index contributed by atoms with van der Waals surface area (Å²) in [4.78, 5) is 23.9. The number of ether oxygens (including phenoxy) is 1. The first-order chi connectivity index (χ1) is 14.3. The lowest BCUT2D eigenvalue weighted by Gasteiger charge is -2.14. The number of benzene rings is 3. The highest BCUT2D eigenvalue weighted by Gasteiger charge is 2.19. The third kappa shape index (κ3) is 4.58. The molecule has 0 aliphatic heterocycles. The summed E-state index contributed by atoms with van der Waals surface area (Å²) in [6.07, 6.45) is 0. The van der Waals surface area contributed by atoms with E-state index in [2.05, 4.69) is 10.0 Å². The highest BCUT2D eigenvalue weighted by Crippen LogP contribution is 2.26. The number of para-hydroxylation sites is 3. The second-order valence-corrected chi connectivity index (χ2v) is 7.88. The van der Waals surface area contributed by atoms with Crippen LogP contribution in [0, 0.1) is 0 Å². The molecule has 0 heterocycles. The van der Waals surface area contributed by atoms with E-state index in [-0.39, 0.29) is 21.7 Å². The average molecular weight is 425 g/mol. The second-order valence-electron chi connectivity index (χ2n) is 6.19. The Labute approximate surface area is 173 Å². The number of hydrogen-bond acceptors (Lipinski definition) is 5. The van der Waals surface area contributed by atoms with E-state index in [1.54, 1.807) is 36.4 Å². The smallest absolute Gasteiger partial charge is 0.261 e. The van der Waals surface area contributed by atoms with Crippen LogP contribution in [-0.4, -0.2) is 27.3 Å². The Morgan fingerprint density at radius 2 is 1.47 bits per heavy atom. The van der Waals surface area contributed by atoms with Crippen LogP contribution in [0.5, 0.6) is 5.75 Å². The van der Waals surface area contributed by atoms with Gasteiger partial charge in [0.2, 0.25) is 5.91 Å². The molecule has 0 fully saturated rings. The van der Waals surface area contributed by atoms with Gasteiger partial charge in [0.15, 0.2) is 0 Å². The van der Waals surface area contributed by atoms with Crippen molar-refractivity contribution in [3.8, 4) is 5.75 Å². The minimum atomic E-state index is -4.00. The molecule has 154 valence electrons. The van der Waals surface area contributed by atoms with Gasteiger partial charge in [0.05, 0.1) is 28.9 Å². The molecule has 0 aromatic heterocycles. The number of nitrogens with two attached hydrogens (primary N) is 1. The molecule has 0 saturated carbocycles. The summed E-state index contributed by atoms with van der Waals surface area (Å²) in [5.74, 6) is -0.703. The highest BCUT2D eigenvalue weighted by molar-refractivity contribution is 7.92. The first-order valence-electron chi connectivity index (χ1n) is 8.78. The van der Waals surface area contributed by atoms with Crippen molar-refractivity contribution in [1.29, 1.82) is 0 Å². The molecule has 0 aliphatic carbocycles. The first-order valence-corrected chi connectivity index (χ1v) is 10.3. The van der Waals surface area contributed by atoms with Crippen molar-refractivity contribution in [3.05, 3.63) is 83.9 Å². The van der Waals surface area contributed by atoms with Crippen LogP contribution in [-0.2, 0) is 10.0 Å². The van der Waals surface area contributed by atoms with Crippen molar-refractivity contribution in [2.24, 2.45) is 5.73 Å². The van der Waals surface area contributed by atoms with Gasteiger partial charge in [0, 0.05) is 5.56 Å². The van der Waals surface area contributed by atoms with Gasteiger partial charge in [-0.3, -0.25) is 14.3 Å². The SMILES string of the molecule is COc1ccccc1NC(=O)c1ccccc1NS(=O)(=O)c1ccc(C(N)=O)cc1. The summed E-state index contributed by atoms with van der Waals surface area (Å²) >= 11 is 0. The van der Waals surface area contributed by atoms with E-state index >= 15 is 0 Å². The van der Waals surface area contributed by atoms with Crippen molar-refractivity contribution in [3.63, 3.8) is 0 Å². The minimum Gasteiger partial charge on any atom is -0.495 e. The lowest BCUT2D eigenvalue weighted by Crippen LogP contribution is -2.19. The largest absolute Gasteiger partial charge is 0.495 e. The Balaban J connectivity index is 1.87. The Hall–Kier alpha value is -3.85. The lowest BCUT2D eigenvalue weighted by molar-refractivity contribution is 0.0997. The van der Waals surface area contributed by atoms with Gasteiger partial charge in [-0.1, -0.05) is 24.3 Å². The van der Waals surface area contributed by atoms with Crippen LogP contribution < -0.4 is 20.5 Å². The molecule has 3 rings (SSSR count). The number of carbonyl (C=O) groups excluding carboxylic acids is 2. The molecule has 0 atom stereocenters. The topological polar surface area (TPSA) is 128 Å². The number of carbonyl (C=O) groups is 2. The number of hydrogen-bond donors (Lipinski definition) is 3. The van der Waals surface area contributed by atoms with Crippen LogP contribution in [0.4, 0.5) is 11.4 Å². The van der Waals surface area contributed by atoms with Gasteiger partial charge >= 0.3 is 0 Å².